The Morgan fingerprint density at radius 2 is 1.71 bits per heavy atom. The molecule has 2 heterocycles. The summed E-state index contributed by atoms with van der Waals surface area (Å²) < 4.78 is 6.07. The fourth-order valence-corrected chi connectivity index (χ4v) is 3.59. The van der Waals surface area contributed by atoms with Gasteiger partial charge in [0.2, 0.25) is 0 Å². The topological polar surface area (TPSA) is 32.8 Å². The van der Waals surface area contributed by atoms with Gasteiger partial charge >= 0.3 is 0 Å². The molecule has 0 bridgehead atoms. The SMILES string of the molecule is CC1CC2(CC(C)N1C)OC(P)(P)N(C)C2=O. The maximum atomic E-state index is 12.5. The molecule has 0 aliphatic carbocycles. The molecule has 0 aromatic heterocycles. The fraction of sp³-hybridized carbons (Fsp3) is 0.909. The Labute approximate surface area is 108 Å². The first kappa shape index (κ1) is 13.7. The van der Waals surface area contributed by atoms with Crippen molar-refractivity contribution in [3.63, 3.8) is 0 Å². The molecule has 6 heteroatoms. The van der Waals surface area contributed by atoms with E-state index in [1.54, 1.807) is 11.9 Å². The van der Waals surface area contributed by atoms with Gasteiger partial charge in [-0.1, -0.05) is 18.5 Å². The summed E-state index contributed by atoms with van der Waals surface area (Å²) in [7, 11) is 9.11. The predicted octanol–water partition coefficient (Wildman–Crippen LogP) is 1.08. The number of amides is 1. The second-order valence-corrected chi connectivity index (χ2v) is 7.81. The first-order chi connectivity index (χ1) is 7.69. The smallest absolute Gasteiger partial charge is 0.257 e. The van der Waals surface area contributed by atoms with Gasteiger partial charge in [0, 0.05) is 32.0 Å². The van der Waals surface area contributed by atoms with Crippen LogP contribution in [-0.4, -0.2) is 52.7 Å². The summed E-state index contributed by atoms with van der Waals surface area (Å²) >= 11 is 0. The van der Waals surface area contributed by atoms with Crippen LogP contribution < -0.4 is 0 Å². The molecule has 4 atom stereocenters. The predicted molar refractivity (Wildman–Crippen MR) is 74.7 cm³/mol. The number of ether oxygens (including phenoxy) is 1. The average Bonchev–Trinajstić information content (AvgIpc) is 2.37. The summed E-state index contributed by atoms with van der Waals surface area (Å²) in [6.07, 6.45) is 1.53. The van der Waals surface area contributed by atoms with E-state index in [1.807, 2.05) is 0 Å². The third kappa shape index (κ3) is 2.04. The summed E-state index contributed by atoms with van der Waals surface area (Å²) in [5, 5.41) is -0.646. The van der Waals surface area contributed by atoms with Gasteiger partial charge in [0.15, 0.2) is 10.8 Å². The Bertz CT molecular complexity index is 336. The molecule has 2 aliphatic heterocycles. The lowest BCUT2D eigenvalue weighted by Gasteiger charge is -2.44. The third-order valence-electron chi connectivity index (χ3n) is 4.22. The highest BCUT2D eigenvalue weighted by atomic mass is 31.1. The number of hydrogen-bond donors (Lipinski definition) is 0. The van der Waals surface area contributed by atoms with E-state index in [0.29, 0.717) is 12.1 Å². The summed E-state index contributed by atoms with van der Waals surface area (Å²) in [6, 6.07) is 0.722. The van der Waals surface area contributed by atoms with Crippen LogP contribution in [0.1, 0.15) is 26.7 Å². The number of rotatable bonds is 0. The molecule has 0 aromatic rings. The lowest BCUT2D eigenvalue weighted by atomic mass is 9.82. The lowest BCUT2D eigenvalue weighted by Crippen LogP contribution is -2.55. The Morgan fingerprint density at radius 3 is 2.06 bits per heavy atom. The van der Waals surface area contributed by atoms with E-state index in [0.717, 1.165) is 12.8 Å². The van der Waals surface area contributed by atoms with Crippen molar-refractivity contribution >= 4 is 24.4 Å². The van der Waals surface area contributed by atoms with Gasteiger partial charge in [-0.2, -0.15) is 0 Å². The van der Waals surface area contributed by atoms with E-state index in [2.05, 4.69) is 44.3 Å². The number of likely N-dealkylation sites (N-methyl/N-ethyl adjacent to an activating group) is 1. The molecular weight excluding hydrogens is 254 g/mol. The normalized spacial score (nSPS) is 42.5. The highest BCUT2D eigenvalue weighted by Crippen LogP contribution is 2.49. The number of carbonyl (C=O) groups excluding carboxylic acids is 1. The standard InChI is InChI=1S/C11H22N2O2P2/c1-7-5-10(6-8(2)12(7)3)9(14)13(4)11(16,17)15-10/h7-8H,5-6,16-17H2,1-4H3. The van der Waals surface area contributed by atoms with Crippen LogP contribution in [0.25, 0.3) is 0 Å². The van der Waals surface area contributed by atoms with Crippen LogP contribution >= 0.6 is 18.5 Å². The van der Waals surface area contributed by atoms with Crippen molar-refractivity contribution < 1.29 is 9.53 Å². The molecule has 0 radical (unpaired) electrons. The summed E-state index contributed by atoms with van der Waals surface area (Å²) in [5.74, 6) is 0.106. The Balaban J connectivity index is 2.30. The van der Waals surface area contributed by atoms with Gasteiger partial charge in [-0.25, -0.2) is 0 Å². The van der Waals surface area contributed by atoms with E-state index in [-0.39, 0.29) is 5.91 Å². The van der Waals surface area contributed by atoms with E-state index in [9.17, 15) is 4.79 Å². The van der Waals surface area contributed by atoms with Gasteiger partial charge in [-0.15, -0.1) is 0 Å². The second-order valence-electron chi connectivity index (χ2n) is 5.48. The number of hydrogen-bond acceptors (Lipinski definition) is 3. The average molecular weight is 276 g/mol. The maximum Gasteiger partial charge on any atom is 0.257 e. The van der Waals surface area contributed by atoms with Crippen molar-refractivity contribution in [1.82, 2.24) is 9.80 Å². The Morgan fingerprint density at radius 1 is 1.24 bits per heavy atom. The molecule has 1 amide bonds. The molecule has 4 nitrogen and oxygen atoms in total. The van der Waals surface area contributed by atoms with Crippen LogP contribution in [0.15, 0.2) is 0 Å². The number of piperidine rings is 1. The lowest BCUT2D eigenvalue weighted by molar-refractivity contribution is -0.145. The van der Waals surface area contributed by atoms with Crippen LogP contribution in [-0.2, 0) is 9.53 Å². The molecule has 2 aliphatic rings. The molecule has 1 spiro atoms. The van der Waals surface area contributed by atoms with Crippen LogP contribution in [0, 0.1) is 0 Å². The monoisotopic (exact) mass is 276 g/mol. The highest BCUT2D eigenvalue weighted by Gasteiger charge is 2.58. The highest BCUT2D eigenvalue weighted by molar-refractivity contribution is 7.39. The van der Waals surface area contributed by atoms with Gasteiger partial charge in [0.05, 0.1) is 0 Å². The minimum atomic E-state index is -0.646. The van der Waals surface area contributed by atoms with E-state index < -0.39 is 10.8 Å². The molecule has 2 fully saturated rings. The quantitative estimate of drug-likeness (QED) is 0.621. The van der Waals surface area contributed by atoms with Crippen molar-refractivity contribution in [1.29, 1.82) is 0 Å². The van der Waals surface area contributed by atoms with Gasteiger partial charge in [0.1, 0.15) is 0 Å². The van der Waals surface area contributed by atoms with Crippen LogP contribution in [0.2, 0.25) is 0 Å². The molecule has 0 aromatic carbocycles. The molecule has 0 saturated carbocycles. The van der Waals surface area contributed by atoms with Crippen LogP contribution in [0.3, 0.4) is 0 Å². The first-order valence-electron chi connectivity index (χ1n) is 5.98. The molecular formula is C11H22N2O2P2. The van der Waals surface area contributed by atoms with Crippen molar-refractivity contribution in [3.8, 4) is 0 Å². The molecule has 2 rings (SSSR count). The number of carbonyl (C=O) groups is 1. The summed E-state index contributed by atoms with van der Waals surface area (Å²) in [5.41, 5.74) is -0.635. The zero-order valence-corrected chi connectivity index (χ0v) is 13.2. The minimum Gasteiger partial charge on any atom is -0.333 e. The molecule has 98 valence electrons. The number of likely N-dealkylation sites (tertiary alicyclic amines) is 1. The van der Waals surface area contributed by atoms with Crippen molar-refractivity contribution in [2.45, 2.75) is 49.6 Å². The minimum absolute atomic E-state index is 0.106. The largest absolute Gasteiger partial charge is 0.333 e. The van der Waals surface area contributed by atoms with Crippen molar-refractivity contribution in [2.75, 3.05) is 14.1 Å². The zero-order chi connectivity index (χ0) is 13.0. The molecule has 17 heavy (non-hydrogen) atoms. The van der Waals surface area contributed by atoms with Crippen LogP contribution in [0.4, 0.5) is 0 Å². The van der Waals surface area contributed by atoms with Gasteiger partial charge in [0.25, 0.3) is 5.91 Å². The Hall–Kier alpha value is 0.250. The van der Waals surface area contributed by atoms with Crippen LogP contribution in [0.5, 0.6) is 0 Å². The number of nitrogens with zero attached hydrogens (tertiary/aromatic N) is 2. The summed E-state index contributed by atoms with van der Waals surface area (Å²) in [6.45, 7) is 4.30. The maximum absolute atomic E-state index is 12.5. The van der Waals surface area contributed by atoms with Gasteiger partial charge in [-0.05, 0) is 20.9 Å². The Kier molecular flexibility index (Phi) is 3.32. The zero-order valence-electron chi connectivity index (χ0n) is 10.9. The molecule has 4 unspecified atom stereocenters. The first-order valence-corrected chi connectivity index (χ1v) is 7.13. The fourth-order valence-electron chi connectivity index (χ4n) is 2.91. The van der Waals surface area contributed by atoms with E-state index in [4.69, 9.17) is 4.74 Å². The van der Waals surface area contributed by atoms with Gasteiger partial charge < -0.3 is 14.5 Å². The summed E-state index contributed by atoms with van der Waals surface area (Å²) in [4.78, 5) is 16.4. The molecule has 0 N–H and O–H groups in total. The van der Waals surface area contributed by atoms with E-state index >= 15 is 0 Å². The molecule has 2 saturated heterocycles. The van der Waals surface area contributed by atoms with Crippen molar-refractivity contribution in [3.05, 3.63) is 0 Å². The second kappa shape index (κ2) is 4.13. The van der Waals surface area contributed by atoms with Gasteiger partial charge in [-0.3, -0.25) is 4.79 Å². The third-order valence-corrected chi connectivity index (χ3v) is 5.23. The van der Waals surface area contributed by atoms with Crippen molar-refractivity contribution in [2.24, 2.45) is 0 Å². The van der Waals surface area contributed by atoms with E-state index in [1.165, 1.54) is 0 Å².